The van der Waals surface area contributed by atoms with Crippen molar-refractivity contribution in [1.82, 2.24) is 0 Å². The zero-order valence-corrected chi connectivity index (χ0v) is 22.6. The quantitative estimate of drug-likeness (QED) is 0.366. The Morgan fingerprint density at radius 1 is 0.575 bits per heavy atom. The monoisotopic (exact) mass is 548 g/mol. The van der Waals surface area contributed by atoms with Crippen LogP contribution in [0.5, 0.6) is 0 Å². The minimum atomic E-state index is -1.01. The van der Waals surface area contributed by atoms with Crippen molar-refractivity contribution in [1.29, 1.82) is 0 Å². The molecular formula is C32H36O8. The molecular weight excluding hydrogens is 512 g/mol. The number of benzene rings is 2. The predicted octanol–water partition coefficient (Wildman–Crippen LogP) is 1.58. The Balaban J connectivity index is 1.63. The van der Waals surface area contributed by atoms with Crippen molar-refractivity contribution in [3.05, 3.63) is 71.8 Å². The van der Waals surface area contributed by atoms with Crippen LogP contribution >= 0.6 is 0 Å². The average molecular weight is 549 g/mol. The molecule has 0 heterocycles. The Bertz CT molecular complexity index is 1170. The van der Waals surface area contributed by atoms with Crippen LogP contribution in [0.25, 0.3) is 0 Å². The number of carbonyl (C=O) groups is 2. The first kappa shape index (κ1) is 26.1. The van der Waals surface area contributed by atoms with Crippen molar-refractivity contribution in [3.8, 4) is 0 Å². The maximum atomic E-state index is 13.8. The summed E-state index contributed by atoms with van der Waals surface area (Å²) in [6.45, 7) is -1.34. The van der Waals surface area contributed by atoms with Crippen molar-refractivity contribution in [3.63, 3.8) is 0 Å². The van der Waals surface area contributed by atoms with Gasteiger partial charge in [0.25, 0.3) is 0 Å². The molecule has 8 nitrogen and oxygen atoms in total. The number of carbonyl (C=O) groups excluding carboxylic acids is 2. The van der Waals surface area contributed by atoms with Gasteiger partial charge in [0.1, 0.15) is 0 Å². The Kier molecular flexibility index (Phi) is 5.48. The highest BCUT2D eigenvalue weighted by Crippen LogP contribution is 3.00. The minimum absolute atomic E-state index is 0.334. The number of ether oxygens (including phenoxy) is 2. The number of esters is 2. The van der Waals surface area contributed by atoms with Gasteiger partial charge in [-0.25, -0.2) is 0 Å². The third-order valence-corrected chi connectivity index (χ3v) is 12.5. The number of aliphatic hydroxyl groups excluding tert-OH is 4. The smallest absolute Gasteiger partial charge is 0.309 e. The van der Waals surface area contributed by atoms with Gasteiger partial charge in [0.05, 0.1) is 26.1 Å². The maximum absolute atomic E-state index is 13.8. The summed E-state index contributed by atoms with van der Waals surface area (Å²) < 4.78 is 10.8. The lowest BCUT2D eigenvalue weighted by molar-refractivity contribution is -0.503. The molecule has 2 aromatic rings. The summed E-state index contributed by atoms with van der Waals surface area (Å²) in [6.07, 6.45) is 0. The molecule has 212 valence electrons. The van der Waals surface area contributed by atoms with Gasteiger partial charge in [-0.15, -0.1) is 0 Å². The van der Waals surface area contributed by atoms with E-state index in [2.05, 4.69) is 0 Å². The lowest BCUT2D eigenvalue weighted by atomic mass is 9.05. The Hall–Kier alpha value is -2.78. The highest BCUT2D eigenvalue weighted by molar-refractivity contribution is 5.81. The van der Waals surface area contributed by atoms with Crippen LogP contribution in [-0.2, 0) is 19.1 Å². The van der Waals surface area contributed by atoms with E-state index in [1.54, 1.807) is 0 Å². The largest absolute Gasteiger partial charge is 0.469 e. The first-order valence-electron chi connectivity index (χ1n) is 14.1. The fourth-order valence-corrected chi connectivity index (χ4v) is 12.6. The molecule has 8 rings (SSSR count). The van der Waals surface area contributed by atoms with Crippen LogP contribution in [0.2, 0.25) is 0 Å². The molecule has 0 spiro atoms. The van der Waals surface area contributed by atoms with Crippen molar-refractivity contribution < 1.29 is 39.5 Å². The van der Waals surface area contributed by atoms with E-state index < -0.39 is 80.9 Å². The molecule has 0 aromatic heterocycles. The molecule has 0 radical (unpaired) electrons. The number of hydrogen-bond acceptors (Lipinski definition) is 8. The Morgan fingerprint density at radius 2 is 0.850 bits per heavy atom. The molecule has 40 heavy (non-hydrogen) atoms. The summed E-state index contributed by atoms with van der Waals surface area (Å²) in [4.78, 5) is 27.6. The molecule has 6 saturated carbocycles. The predicted molar refractivity (Wildman–Crippen MR) is 141 cm³/mol. The van der Waals surface area contributed by atoms with Crippen LogP contribution < -0.4 is 0 Å². The fourth-order valence-electron chi connectivity index (χ4n) is 12.6. The zero-order chi connectivity index (χ0) is 28.2. The second-order valence-corrected chi connectivity index (χ2v) is 12.8. The van der Waals surface area contributed by atoms with Crippen LogP contribution in [0.1, 0.15) is 23.0 Å². The molecule has 6 fully saturated rings. The van der Waals surface area contributed by atoms with Gasteiger partial charge >= 0.3 is 11.9 Å². The van der Waals surface area contributed by atoms with Gasteiger partial charge < -0.3 is 29.9 Å². The molecule has 6 aliphatic rings. The molecule has 6 aliphatic carbocycles. The maximum Gasteiger partial charge on any atom is 0.309 e. The number of hydrogen-bond donors (Lipinski definition) is 4. The summed E-state index contributed by atoms with van der Waals surface area (Å²) in [5.74, 6) is -5.50. The van der Waals surface area contributed by atoms with Crippen LogP contribution in [0.3, 0.4) is 0 Å². The second-order valence-electron chi connectivity index (χ2n) is 12.8. The standard InChI is InChI=1S/C32H36O8/c1-39-27(37)19-23-29(13-33)21(17-9-5-3-6-10-17)30(14-34)24(19)32(16-36)22(18-11-7-4-8-12-18)31(23,15-35)25(29)20(26(30)32)28(38)40-2/h3-12,19-26,33-36H,13-16H2,1-2H3. The van der Waals surface area contributed by atoms with Crippen molar-refractivity contribution in [2.24, 2.45) is 57.2 Å². The molecule has 4 N–H and O–H groups in total. The average Bonchev–Trinajstić information content (AvgIpc) is 2.99. The van der Waals surface area contributed by atoms with Gasteiger partial charge in [0.15, 0.2) is 0 Å². The van der Waals surface area contributed by atoms with E-state index in [0.717, 1.165) is 11.1 Å². The summed E-state index contributed by atoms with van der Waals surface area (Å²) >= 11 is 0. The van der Waals surface area contributed by atoms with Gasteiger partial charge in [-0.05, 0) is 34.8 Å². The Morgan fingerprint density at radius 3 is 1.07 bits per heavy atom. The number of aliphatic hydroxyl groups is 4. The minimum Gasteiger partial charge on any atom is -0.469 e. The molecule has 8 heteroatoms. The highest BCUT2D eigenvalue weighted by atomic mass is 16.5. The molecule has 8 bridgehead atoms. The van der Waals surface area contributed by atoms with Gasteiger partial charge in [-0.3, -0.25) is 9.59 Å². The van der Waals surface area contributed by atoms with Crippen molar-refractivity contribution >= 4 is 11.9 Å². The first-order chi connectivity index (χ1) is 19.4. The fraction of sp³-hybridized carbons (Fsp3) is 0.562. The first-order valence-corrected chi connectivity index (χ1v) is 14.1. The Labute approximate surface area is 232 Å². The summed E-state index contributed by atoms with van der Waals surface area (Å²) in [6, 6.07) is 19.4. The normalized spacial score (nSPS) is 46.8. The van der Waals surface area contributed by atoms with Crippen LogP contribution in [0.15, 0.2) is 60.7 Å². The SMILES string of the molecule is COC(=O)C1C2C3(CO)C(c4ccccc4)C4(CO)C1C1(CO)C(c5ccccc5)C2(CO)C3C(C(=O)OC)C41. The number of rotatable bonds is 8. The van der Waals surface area contributed by atoms with Gasteiger partial charge in [-0.1, -0.05) is 60.7 Å². The van der Waals surface area contributed by atoms with Crippen LogP contribution in [0.4, 0.5) is 0 Å². The highest BCUT2D eigenvalue weighted by Gasteiger charge is 3.00. The third kappa shape index (κ3) is 2.32. The lowest BCUT2D eigenvalue weighted by Gasteiger charge is -2.97. The summed E-state index contributed by atoms with van der Waals surface area (Å²) in [5, 5.41) is 46.0. The summed E-state index contributed by atoms with van der Waals surface area (Å²) in [7, 11) is 2.67. The molecule has 0 saturated heterocycles. The van der Waals surface area contributed by atoms with E-state index in [9.17, 15) is 30.0 Å². The van der Waals surface area contributed by atoms with E-state index in [0.29, 0.717) is 0 Å². The molecule has 0 unspecified atom stereocenters. The van der Waals surface area contributed by atoms with Crippen LogP contribution in [0, 0.1) is 57.2 Å². The lowest BCUT2D eigenvalue weighted by Crippen LogP contribution is -2.98. The van der Waals surface area contributed by atoms with E-state index >= 15 is 0 Å². The molecule has 0 aliphatic heterocycles. The van der Waals surface area contributed by atoms with Gasteiger partial charge in [0.2, 0.25) is 0 Å². The van der Waals surface area contributed by atoms with Crippen molar-refractivity contribution in [2.75, 3.05) is 40.6 Å². The van der Waals surface area contributed by atoms with Crippen molar-refractivity contribution in [2.45, 2.75) is 11.8 Å². The topological polar surface area (TPSA) is 134 Å². The second kappa shape index (κ2) is 8.38. The molecule has 0 atom stereocenters. The van der Waals surface area contributed by atoms with E-state index in [4.69, 9.17) is 9.47 Å². The van der Waals surface area contributed by atoms with E-state index in [-0.39, 0.29) is 26.4 Å². The molecule has 2 aromatic carbocycles. The van der Waals surface area contributed by atoms with E-state index in [1.165, 1.54) is 14.2 Å². The van der Waals surface area contributed by atoms with Gasteiger partial charge in [-0.2, -0.15) is 0 Å². The summed E-state index contributed by atoms with van der Waals surface area (Å²) in [5.41, 5.74) is -2.20. The van der Waals surface area contributed by atoms with E-state index in [1.807, 2.05) is 60.7 Å². The third-order valence-electron chi connectivity index (χ3n) is 12.5. The number of methoxy groups -OCH3 is 2. The van der Waals surface area contributed by atoms with Crippen LogP contribution in [-0.4, -0.2) is 73.0 Å². The zero-order valence-electron chi connectivity index (χ0n) is 22.6. The van der Waals surface area contributed by atoms with Gasteiger partial charge in [0, 0.05) is 59.9 Å². The molecule has 0 amide bonds.